The molecule has 6 heteroatoms. The SMILES string of the molecule is CCOc1cc2c(cc1CNC(=NC)NCc1cc3ccccc3[nH]1)OC(C)C2. The van der Waals surface area contributed by atoms with Crippen molar-refractivity contribution >= 4 is 16.9 Å². The minimum absolute atomic E-state index is 0.216. The van der Waals surface area contributed by atoms with Gasteiger partial charge in [0.25, 0.3) is 0 Å². The Hall–Kier alpha value is -3.15. The van der Waals surface area contributed by atoms with Gasteiger partial charge in [-0.1, -0.05) is 18.2 Å². The number of fused-ring (bicyclic) bond motifs is 2. The van der Waals surface area contributed by atoms with Gasteiger partial charge in [0, 0.05) is 42.4 Å². The highest BCUT2D eigenvalue weighted by Gasteiger charge is 2.21. The second-order valence-corrected chi connectivity index (χ2v) is 7.29. The van der Waals surface area contributed by atoms with Crippen LogP contribution in [-0.2, 0) is 19.5 Å². The first-order valence-electron chi connectivity index (χ1n) is 10.1. The molecule has 0 spiro atoms. The largest absolute Gasteiger partial charge is 0.494 e. The van der Waals surface area contributed by atoms with Crippen LogP contribution in [0.15, 0.2) is 47.5 Å². The number of para-hydroxylation sites is 1. The number of ether oxygens (including phenoxy) is 2. The fraction of sp³-hybridized carbons (Fsp3) is 0.348. The molecule has 1 atom stereocenters. The van der Waals surface area contributed by atoms with E-state index in [1.807, 2.05) is 19.1 Å². The lowest BCUT2D eigenvalue weighted by Gasteiger charge is -2.15. The standard InChI is InChI=1S/C23H28N4O2/c1-4-28-21-11-17-9-15(2)29-22(17)12-18(21)13-25-23(24-3)26-14-19-10-16-7-5-6-8-20(16)27-19/h5-8,10-12,15,27H,4,9,13-14H2,1-3H3,(H2,24,25,26). The van der Waals surface area contributed by atoms with Crippen LogP contribution >= 0.6 is 0 Å². The maximum atomic E-state index is 5.91. The maximum absolute atomic E-state index is 5.91. The van der Waals surface area contributed by atoms with E-state index in [1.54, 1.807) is 7.05 Å². The minimum Gasteiger partial charge on any atom is -0.494 e. The Morgan fingerprint density at radius 3 is 2.83 bits per heavy atom. The van der Waals surface area contributed by atoms with Gasteiger partial charge in [0.2, 0.25) is 0 Å². The first-order chi connectivity index (χ1) is 14.2. The second-order valence-electron chi connectivity index (χ2n) is 7.29. The summed E-state index contributed by atoms with van der Waals surface area (Å²) < 4.78 is 11.8. The Kier molecular flexibility index (Phi) is 5.60. The summed E-state index contributed by atoms with van der Waals surface area (Å²) in [4.78, 5) is 7.77. The van der Waals surface area contributed by atoms with E-state index >= 15 is 0 Å². The van der Waals surface area contributed by atoms with E-state index < -0.39 is 0 Å². The topological polar surface area (TPSA) is 70.7 Å². The monoisotopic (exact) mass is 392 g/mol. The molecule has 0 bridgehead atoms. The third-order valence-electron chi connectivity index (χ3n) is 5.08. The molecule has 0 aliphatic carbocycles. The number of aromatic nitrogens is 1. The number of guanidine groups is 1. The number of nitrogens with zero attached hydrogens (tertiary/aromatic N) is 1. The summed E-state index contributed by atoms with van der Waals surface area (Å²) in [5.41, 5.74) is 4.53. The van der Waals surface area contributed by atoms with Gasteiger partial charge in [0.15, 0.2) is 5.96 Å². The smallest absolute Gasteiger partial charge is 0.191 e. The predicted octanol–water partition coefficient (Wildman–Crippen LogP) is 3.76. The van der Waals surface area contributed by atoms with Crippen LogP contribution in [0.1, 0.15) is 30.7 Å². The van der Waals surface area contributed by atoms with Crippen molar-refractivity contribution in [3.8, 4) is 11.5 Å². The van der Waals surface area contributed by atoms with E-state index in [1.165, 1.54) is 10.9 Å². The molecule has 6 nitrogen and oxygen atoms in total. The highest BCUT2D eigenvalue weighted by atomic mass is 16.5. The average molecular weight is 393 g/mol. The van der Waals surface area contributed by atoms with Gasteiger partial charge >= 0.3 is 0 Å². The van der Waals surface area contributed by atoms with Crippen molar-refractivity contribution < 1.29 is 9.47 Å². The molecule has 1 aromatic heterocycles. The molecular weight excluding hydrogens is 364 g/mol. The van der Waals surface area contributed by atoms with Gasteiger partial charge in [-0.05, 0) is 43.5 Å². The molecule has 152 valence electrons. The maximum Gasteiger partial charge on any atom is 0.191 e. The van der Waals surface area contributed by atoms with Gasteiger partial charge < -0.3 is 25.1 Å². The lowest BCUT2D eigenvalue weighted by atomic mass is 10.1. The Labute approximate surface area is 171 Å². The number of hydrogen-bond donors (Lipinski definition) is 3. The van der Waals surface area contributed by atoms with E-state index in [2.05, 4.69) is 57.9 Å². The number of aliphatic imine (C=N–C) groups is 1. The molecule has 3 aromatic rings. The van der Waals surface area contributed by atoms with Gasteiger partial charge in [0.1, 0.15) is 17.6 Å². The lowest BCUT2D eigenvalue weighted by Crippen LogP contribution is -2.36. The molecule has 4 rings (SSSR count). The molecule has 3 N–H and O–H groups in total. The van der Waals surface area contributed by atoms with Crippen LogP contribution in [0.4, 0.5) is 0 Å². The fourth-order valence-corrected chi connectivity index (χ4v) is 3.72. The number of aromatic amines is 1. The molecule has 29 heavy (non-hydrogen) atoms. The van der Waals surface area contributed by atoms with Gasteiger partial charge in [0.05, 0.1) is 13.2 Å². The molecule has 1 aliphatic heterocycles. The van der Waals surface area contributed by atoms with Gasteiger partial charge in [-0.15, -0.1) is 0 Å². The summed E-state index contributed by atoms with van der Waals surface area (Å²) in [5, 5.41) is 7.95. The molecule has 1 aliphatic rings. The minimum atomic E-state index is 0.216. The summed E-state index contributed by atoms with van der Waals surface area (Å²) in [6.45, 7) is 6.00. The zero-order valence-corrected chi connectivity index (χ0v) is 17.2. The van der Waals surface area contributed by atoms with Crippen molar-refractivity contribution in [1.29, 1.82) is 0 Å². The van der Waals surface area contributed by atoms with Crippen LogP contribution in [-0.4, -0.2) is 30.7 Å². The highest BCUT2D eigenvalue weighted by Crippen LogP contribution is 2.35. The summed E-state index contributed by atoms with van der Waals surface area (Å²) in [5.74, 6) is 2.60. The summed E-state index contributed by atoms with van der Waals surface area (Å²) in [7, 11) is 1.78. The molecular formula is C23H28N4O2. The van der Waals surface area contributed by atoms with E-state index in [4.69, 9.17) is 9.47 Å². The van der Waals surface area contributed by atoms with E-state index in [0.29, 0.717) is 19.7 Å². The van der Waals surface area contributed by atoms with Crippen LogP contribution in [0.5, 0.6) is 11.5 Å². The zero-order chi connectivity index (χ0) is 20.2. The van der Waals surface area contributed by atoms with Crippen molar-refractivity contribution in [2.45, 2.75) is 39.5 Å². The van der Waals surface area contributed by atoms with Crippen molar-refractivity contribution in [2.75, 3.05) is 13.7 Å². The van der Waals surface area contributed by atoms with Crippen LogP contribution in [0.25, 0.3) is 10.9 Å². The molecule has 0 radical (unpaired) electrons. The molecule has 2 heterocycles. The molecule has 0 saturated heterocycles. The number of H-pyrrole nitrogens is 1. The molecule has 2 aromatic carbocycles. The second kappa shape index (κ2) is 8.47. The summed E-state index contributed by atoms with van der Waals surface area (Å²) in [6, 6.07) is 14.6. The van der Waals surface area contributed by atoms with Gasteiger partial charge in [-0.3, -0.25) is 4.99 Å². The van der Waals surface area contributed by atoms with Gasteiger partial charge in [-0.2, -0.15) is 0 Å². The Morgan fingerprint density at radius 2 is 2.03 bits per heavy atom. The molecule has 0 amide bonds. The number of hydrogen-bond acceptors (Lipinski definition) is 3. The fourth-order valence-electron chi connectivity index (χ4n) is 3.72. The van der Waals surface area contributed by atoms with Crippen LogP contribution < -0.4 is 20.1 Å². The first-order valence-corrected chi connectivity index (χ1v) is 10.1. The van der Waals surface area contributed by atoms with Crippen molar-refractivity contribution in [3.05, 3.63) is 59.3 Å². The summed E-state index contributed by atoms with van der Waals surface area (Å²) in [6.07, 6.45) is 1.14. The van der Waals surface area contributed by atoms with Crippen LogP contribution in [0.2, 0.25) is 0 Å². The van der Waals surface area contributed by atoms with E-state index in [9.17, 15) is 0 Å². The first kappa shape index (κ1) is 19.2. The zero-order valence-electron chi connectivity index (χ0n) is 17.2. The molecule has 1 unspecified atom stereocenters. The van der Waals surface area contributed by atoms with Crippen molar-refractivity contribution in [1.82, 2.24) is 15.6 Å². The van der Waals surface area contributed by atoms with Crippen molar-refractivity contribution in [3.63, 3.8) is 0 Å². The van der Waals surface area contributed by atoms with E-state index in [-0.39, 0.29) is 6.10 Å². The Balaban J connectivity index is 1.41. The van der Waals surface area contributed by atoms with Crippen LogP contribution in [0.3, 0.4) is 0 Å². The lowest BCUT2D eigenvalue weighted by molar-refractivity contribution is 0.254. The number of rotatable bonds is 6. The third kappa shape index (κ3) is 4.31. The highest BCUT2D eigenvalue weighted by molar-refractivity contribution is 5.81. The quantitative estimate of drug-likeness (QED) is 0.441. The Bertz CT molecular complexity index is 992. The van der Waals surface area contributed by atoms with Crippen LogP contribution in [0, 0.1) is 0 Å². The normalized spacial score (nSPS) is 15.8. The summed E-state index contributed by atoms with van der Waals surface area (Å²) >= 11 is 0. The van der Waals surface area contributed by atoms with E-state index in [0.717, 1.165) is 40.7 Å². The Morgan fingerprint density at radius 1 is 1.21 bits per heavy atom. The number of benzene rings is 2. The molecule has 0 fully saturated rings. The third-order valence-corrected chi connectivity index (χ3v) is 5.08. The van der Waals surface area contributed by atoms with Gasteiger partial charge in [-0.25, -0.2) is 0 Å². The molecule has 0 saturated carbocycles. The predicted molar refractivity (Wildman–Crippen MR) is 117 cm³/mol. The average Bonchev–Trinajstić information content (AvgIpc) is 3.29. The number of nitrogens with one attached hydrogen (secondary N) is 3. The van der Waals surface area contributed by atoms with Crippen molar-refractivity contribution in [2.24, 2.45) is 4.99 Å².